The number of carbonyl (C=O) groups is 1. The smallest absolute Gasteiger partial charge is 0.410 e. The summed E-state index contributed by atoms with van der Waals surface area (Å²) in [6, 6.07) is 0. The van der Waals surface area contributed by atoms with E-state index in [0.29, 0.717) is 0 Å². The Hall–Kier alpha value is -0.770. The molecular formula is C14H28N2O2. The molecule has 1 amide bonds. The van der Waals surface area contributed by atoms with E-state index >= 15 is 0 Å². The Morgan fingerprint density at radius 2 is 2.06 bits per heavy atom. The maximum atomic E-state index is 11.7. The summed E-state index contributed by atoms with van der Waals surface area (Å²) in [7, 11) is 1.79. The molecular weight excluding hydrogens is 228 g/mol. The topological polar surface area (TPSA) is 41.6 Å². The van der Waals surface area contributed by atoms with E-state index in [4.69, 9.17) is 4.74 Å². The van der Waals surface area contributed by atoms with Crippen LogP contribution in [0.25, 0.3) is 0 Å². The fourth-order valence-corrected chi connectivity index (χ4v) is 1.88. The Balaban J connectivity index is 2.01. The third kappa shape index (κ3) is 6.24. The van der Waals surface area contributed by atoms with E-state index in [1.165, 1.54) is 19.3 Å². The average molecular weight is 256 g/mol. The molecule has 4 nitrogen and oxygen atoms in total. The molecule has 0 spiro atoms. The van der Waals surface area contributed by atoms with Gasteiger partial charge in [0.05, 0.1) is 0 Å². The van der Waals surface area contributed by atoms with E-state index in [0.717, 1.165) is 32.0 Å². The number of rotatable bonds is 6. The Kier molecular flexibility index (Phi) is 5.93. The highest BCUT2D eigenvalue weighted by molar-refractivity contribution is 5.67. The van der Waals surface area contributed by atoms with Crippen molar-refractivity contribution >= 4 is 6.09 Å². The Labute approximate surface area is 111 Å². The van der Waals surface area contributed by atoms with Crippen molar-refractivity contribution < 1.29 is 9.53 Å². The van der Waals surface area contributed by atoms with Crippen LogP contribution in [0.3, 0.4) is 0 Å². The zero-order chi connectivity index (χ0) is 13.6. The molecule has 0 aromatic heterocycles. The van der Waals surface area contributed by atoms with Gasteiger partial charge < -0.3 is 15.0 Å². The summed E-state index contributed by atoms with van der Waals surface area (Å²) in [5.41, 5.74) is -0.409. The first-order valence-electron chi connectivity index (χ1n) is 7.03. The lowest BCUT2D eigenvalue weighted by Crippen LogP contribution is -2.36. The van der Waals surface area contributed by atoms with Crippen molar-refractivity contribution in [1.82, 2.24) is 10.2 Å². The minimum atomic E-state index is -0.409. The molecule has 4 heteroatoms. The van der Waals surface area contributed by atoms with Gasteiger partial charge in [-0.05, 0) is 59.0 Å². The molecule has 0 aliphatic heterocycles. The van der Waals surface area contributed by atoms with Gasteiger partial charge in [0.1, 0.15) is 5.60 Å². The number of nitrogens with zero attached hydrogens (tertiary/aromatic N) is 1. The maximum absolute atomic E-state index is 11.7. The fraction of sp³-hybridized carbons (Fsp3) is 0.929. The molecule has 0 aromatic rings. The largest absolute Gasteiger partial charge is 0.444 e. The molecule has 106 valence electrons. The second kappa shape index (κ2) is 6.98. The highest BCUT2D eigenvalue weighted by Crippen LogP contribution is 2.24. The van der Waals surface area contributed by atoms with Crippen LogP contribution in [0, 0.1) is 5.92 Å². The summed E-state index contributed by atoms with van der Waals surface area (Å²) in [6.45, 7) is 8.52. The highest BCUT2D eigenvalue weighted by Gasteiger charge is 2.19. The molecule has 1 saturated carbocycles. The van der Waals surface area contributed by atoms with E-state index in [1.54, 1.807) is 11.9 Å². The van der Waals surface area contributed by atoms with Gasteiger partial charge >= 0.3 is 6.09 Å². The van der Waals surface area contributed by atoms with E-state index < -0.39 is 5.60 Å². The van der Waals surface area contributed by atoms with Crippen LogP contribution < -0.4 is 5.32 Å². The van der Waals surface area contributed by atoms with Crippen LogP contribution in [-0.4, -0.2) is 43.3 Å². The van der Waals surface area contributed by atoms with Gasteiger partial charge in [0.2, 0.25) is 0 Å². The highest BCUT2D eigenvalue weighted by atomic mass is 16.6. The Morgan fingerprint density at radius 3 is 2.56 bits per heavy atom. The normalized spacial score (nSPS) is 16.2. The lowest BCUT2D eigenvalue weighted by molar-refractivity contribution is 0.0297. The van der Waals surface area contributed by atoms with Crippen molar-refractivity contribution in [2.45, 2.75) is 52.1 Å². The number of amides is 1. The second-order valence-corrected chi connectivity index (χ2v) is 6.26. The molecule has 1 fully saturated rings. The number of ether oxygens (including phenoxy) is 1. The van der Waals surface area contributed by atoms with Gasteiger partial charge in [0, 0.05) is 13.6 Å². The van der Waals surface area contributed by atoms with Gasteiger partial charge in [-0.3, -0.25) is 0 Å². The third-order valence-electron chi connectivity index (χ3n) is 3.21. The quantitative estimate of drug-likeness (QED) is 0.743. The molecule has 1 aliphatic rings. The van der Waals surface area contributed by atoms with Gasteiger partial charge in [-0.25, -0.2) is 4.79 Å². The van der Waals surface area contributed by atoms with Crippen LogP contribution in [0.2, 0.25) is 0 Å². The molecule has 0 saturated heterocycles. The molecule has 0 aromatic carbocycles. The summed E-state index contributed by atoms with van der Waals surface area (Å²) in [5, 5.41) is 3.45. The van der Waals surface area contributed by atoms with Gasteiger partial charge in [-0.1, -0.05) is 6.42 Å². The Bertz CT molecular complexity index is 257. The first-order chi connectivity index (χ1) is 8.38. The third-order valence-corrected chi connectivity index (χ3v) is 3.21. The summed E-state index contributed by atoms with van der Waals surface area (Å²) >= 11 is 0. The van der Waals surface area contributed by atoms with E-state index in [9.17, 15) is 4.79 Å². The SMILES string of the molecule is CN(CCCNCC1CCC1)C(=O)OC(C)(C)C. The van der Waals surface area contributed by atoms with Crippen LogP contribution in [0.1, 0.15) is 46.5 Å². The summed E-state index contributed by atoms with van der Waals surface area (Å²) < 4.78 is 5.29. The van der Waals surface area contributed by atoms with E-state index in [1.807, 2.05) is 20.8 Å². The zero-order valence-electron chi connectivity index (χ0n) is 12.3. The van der Waals surface area contributed by atoms with Gasteiger partial charge in [-0.15, -0.1) is 0 Å². The lowest BCUT2D eigenvalue weighted by Gasteiger charge is -2.26. The number of hydrogen-bond donors (Lipinski definition) is 1. The van der Waals surface area contributed by atoms with E-state index in [-0.39, 0.29) is 6.09 Å². The molecule has 18 heavy (non-hydrogen) atoms. The average Bonchev–Trinajstić information content (AvgIpc) is 2.17. The van der Waals surface area contributed by atoms with Crippen LogP contribution >= 0.6 is 0 Å². The van der Waals surface area contributed by atoms with Gasteiger partial charge in [0.25, 0.3) is 0 Å². The van der Waals surface area contributed by atoms with Crippen molar-refractivity contribution in [3.63, 3.8) is 0 Å². The van der Waals surface area contributed by atoms with Crippen molar-refractivity contribution in [1.29, 1.82) is 0 Å². The molecule has 0 radical (unpaired) electrons. The van der Waals surface area contributed by atoms with Crippen molar-refractivity contribution in [3.8, 4) is 0 Å². The molecule has 0 heterocycles. The molecule has 1 aliphatic carbocycles. The van der Waals surface area contributed by atoms with Crippen LogP contribution in [0.4, 0.5) is 4.79 Å². The number of hydrogen-bond acceptors (Lipinski definition) is 3. The van der Waals surface area contributed by atoms with Gasteiger partial charge in [-0.2, -0.15) is 0 Å². The van der Waals surface area contributed by atoms with Gasteiger partial charge in [0.15, 0.2) is 0 Å². The predicted molar refractivity (Wildman–Crippen MR) is 73.7 cm³/mol. The molecule has 1 N–H and O–H groups in total. The van der Waals surface area contributed by atoms with E-state index in [2.05, 4.69) is 5.32 Å². The Morgan fingerprint density at radius 1 is 1.39 bits per heavy atom. The zero-order valence-corrected chi connectivity index (χ0v) is 12.3. The fourth-order valence-electron chi connectivity index (χ4n) is 1.88. The first-order valence-corrected chi connectivity index (χ1v) is 7.03. The maximum Gasteiger partial charge on any atom is 0.410 e. The molecule has 0 atom stereocenters. The standard InChI is InChI=1S/C14H28N2O2/c1-14(2,3)18-13(17)16(4)10-6-9-15-11-12-7-5-8-12/h12,15H,5-11H2,1-4H3. The minimum absolute atomic E-state index is 0.235. The minimum Gasteiger partial charge on any atom is -0.444 e. The van der Waals surface area contributed by atoms with Crippen LogP contribution in [0.15, 0.2) is 0 Å². The predicted octanol–water partition coefficient (Wildman–Crippen LogP) is 2.63. The molecule has 0 bridgehead atoms. The van der Waals surface area contributed by atoms with Crippen molar-refractivity contribution in [2.24, 2.45) is 5.92 Å². The monoisotopic (exact) mass is 256 g/mol. The summed E-state index contributed by atoms with van der Waals surface area (Å²) in [5.74, 6) is 0.897. The second-order valence-electron chi connectivity index (χ2n) is 6.26. The number of nitrogens with one attached hydrogen (secondary N) is 1. The molecule has 0 unspecified atom stereocenters. The first kappa shape index (κ1) is 15.3. The van der Waals surface area contributed by atoms with Crippen molar-refractivity contribution in [3.05, 3.63) is 0 Å². The van der Waals surface area contributed by atoms with Crippen LogP contribution in [0.5, 0.6) is 0 Å². The van der Waals surface area contributed by atoms with Crippen molar-refractivity contribution in [2.75, 3.05) is 26.7 Å². The summed E-state index contributed by atoms with van der Waals surface area (Å²) in [4.78, 5) is 13.3. The lowest BCUT2D eigenvalue weighted by atomic mass is 9.85. The number of carbonyl (C=O) groups excluding carboxylic acids is 1. The van der Waals surface area contributed by atoms with Crippen LogP contribution in [-0.2, 0) is 4.74 Å². The molecule has 1 rings (SSSR count). The summed E-state index contributed by atoms with van der Waals surface area (Å²) in [6.07, 6.45) is 4.90.